The summed E-state index contributed by atoms with van der Waals surface area (Å²) in [6.07, 6.45) is 9.23. The van der Waals surface area contributed by atoms with E-state index >= 15 is 0 Å². The maximum absolute atomic E-state index is 11.4. The molecule has 0 saturated carbocycles. The SMILES string of the molecule is CCCCCc1ccc(CCCCC)c(OCC(CC)S(=O)(=O)O)c1. The lowest BCUT2D eigenvalue weighted by Crippen LogP contribution is -2.27. The zero-order chi connectivity index (χ0) is 18.7. The summed E-state index contributed by atoms with van der Waals surface area (Å²) in [5.74, 6) is 0.771. The summed E-state index contributed by atoms with van der Waals surface area (Å²) in [6.45, 7) is 6.09. The van der Waals surface area contributed by atoms with Crippen LogP contribution in [-0.2, 0) is 23.0 Å². The van der Waals surface area contributed by atoms with Crippen molar-refractivity contribution in [2.24, 2.45) is 0 Å². The fraction of sp³-hybridized carbons (Fsp3) is 0.700. The molecule has 144 valence electrons. The highest BCUT2D eigenvalue weighted by molar-refractivity contribution is 7.86. The van der Waals surface area contributed by atoms with Crippen LogP contribution in [0.15, 0.2) is 18.2 Å². The molecule has 4 nitrogen and oxygen atoms in total. The van der Waals surface area contributed by atoms with Crippen molar-refractivity contribution in [2.45, 2.75) is 83.8 Å². The van der Waals surface area contributed by atoms with Crippen LogP contribution in [0.2, 0.25) is 0 Å². The van der Waals surface area contributed by atoms with E-state index < -0.39 is 15.4 Å². The van der Waals surface area contributed by atoms with Crippen molar-refractivity contribution in [1.82, 2.24) is 0 Å². The molecule has 0 amide bonds. The Hall–Kier alpha value is -1.07. The highest BCUT2D eigenvalue weighted by Crippen LogP contribution is 2.25. The molecule has 0 aliphatic rings. The van der Waals surface area contributed by atoms with Crippen LogP contribution < -0.4 is 4.74 Å². The van der Waals surface area contributed by atoms with Crippen molar-refractivity contribution in [1.29, 1.82) is 0 Å². The van der Waals surface area contributed by atoms with Gasteiger partial charge in [0.15, 0.2) is 0 Å². The van der Waals surface area contributed by atoms with Gasteiger partial charge in [-0.1, -0.05) is 58.6 Å². The second-order valence-electron chi connectivity index (χ2n) is 6.71. The van der Waals surface area contributed by atoms with E-state index in [0.717, 1.165) is 43.4 Å². The van der Waals surface area contributed by atoms with Gasteiger partial charge in [-0.05, 0) is 49.3 Å². The van der Waals surface area contributed by atoms with Gasteiger partial charge in [-0.3, -0.25) is 4.55 Å². The monoisotopic (exact) mass is 370 g/mol. The second kappa shape index (κ2) is 11.5. The lowest BCUT2D eigenvalue weighted by Gasteiger charge is -2.17. The lowest BCUT2D eigenvalue weighted by atomic mass is 10.0. The largest absolute Gasteiger partial charge is 0.492 e. The third kappa shape index (κ3) is 8.23. The van der Waals surface area contributed by atoms with E-state index in [1.807, 2.05) is 6.07 Å². The van der Waals surface area contributed by atoms with Crippen LogP contribution >= 0.6 is 0 Å². The van der Waals surface area contributed by atoms with Crippen LogP contribution in [0.1, 0.15) is 76.8 Å². The minimum Gasteiger partial charge on any atom is -0.492 e. The molecule has 1 unspecified atom stereocenters. The molecule has 1 aromatic carbocycles. The van der Waals surface area contributed by atoms with Crippen molar-refractivity contribution in [3.05, 3.63) is 29.3 Å². The molecule has 0 spiro atoms. The number of aryl methyl sites for hydroxylation is 2. The van der Waals surface area contributed by atoms with Crippen LogP contribution in [0.25, 0.3) is 0 Å². The van der Waals surface area contributed by atoms with Crippen molar-refractivity contribution in [3.8, 4) is 5.75 Å². The molecule has 0 bridgehead atoms. The molecule has 1 atom stereocenters. The summed E-state index contributed by atoms with van der Waals surface area (Å²) >= 11 is 0. The van der Waals surface area contributed by atoms with E-state index in [1.54, 1.807) is 6.92 Å². The summed E-state index contributed by atoms with van der Waals surface area (Å²) in [7, 11) is -4.07. The van der Waals surface area contributed by atoms with E-state index in [2.05, 4.69) is 26.0 Å². The molecule has 0 saturated heterocycles. The minimum atomic E-state index is -4.07. The average molecular weight is 371 g/mol. The van der Waals surface area contributed by atoms with E-state index in [9.17, 15) is 13.0 Å². The highest BCUT2D eigenvalue weighted by atomic mass is 32.2. The molecule has 0 fully saturated rings. The van der Waals surface area contributed by atoms with Gasteiger partial charge in [0.2, 0.25) is 0 Å². The summed E-state index contributed by atoms with van der Waals surface area (Å²) < 4.78 is 37.9. The number of ether oxygens (including phenoxy) is 1. The van der Waals surface area contributed by atoms with Crippen LogP contribution in [0.3, 0.4) is 0 Å². The van der Waals surface area contributed by atoms with Crippen LogP contribution in [0, 0.1) is 0 Å². The Bertz CT molecular complexity index is 596. The third-order valence-corrected chi connectivity index (χ3v) is 5.86. The van der Waals surface area contributed by atoms with E-state index in [1.165, 1.54) is 24.8 Å². The first-order valence-corrected chi connectivity index (χ1v) is 11.1. The molecule has 0 radical (unpaired) electrons. The molecule has 1 aromatic rings. The summed E-state index contributed by atoms with van der Waals surface area (Å²) in [4.78, 5) is 0. The Kier molecular flexibility index (Phi) is 10.1. The smallest absolute Gasteiger partial charge is 0.271 e. The van der Waals surface area contributed by atoms with Gasteiger partial charge in [0.1, 0.15) is 17.6 Å². The molecule has 0 aliphatic heterocycles. The molecular weight excluding hydrogens is 336 g/mol. The number of hydrogen-bond acceptors (Lipinski definition) is 3. The Morgan fingerprint density at radius 1 is 1.00 bits per heavy atom. The zero-order valence-electron chi connectivity index (χ0n) is 16.0. The molecule has 1 N–H and O–H groups in total. The summed E-state index contributed by atoms with van der Waals surface area (Å²) in [6, 6.07) is 6.32. The Morgan fingerprint density at radius 2 is 1.64 bits per heavy atom. The lowest BCUT2D eigenvalue weighted by molar-refractivity contribution is 0.299. The van der Waals surface area contributed by atoms with Gasteiger partial charge in [-0.25, -0.2) is 0 Å². The van der Waals surface area contributed by atoms with E-state index in [4.69, 9.17) is 4.74 Å². The molecule has 25 heavy (non-hydrogen) atoms. The predicted octanol–water partition coefficient (Wildman–Crippen LogP) is 5.20. The van der Waals surface area contributed by atoms with Gasteiger partial charge >= 0.3 is 0 Å². The maximum atomic E-state index is 11.4. The van der Waals surface area contributed by atoms with E-state index in [-0.39, 0.29) is 6.61 Å². The standard InChI is InChI=1S/C20H34O4S/c1-4-7-9-11-17-13-14-18(12-10-8-5-2)20(15-17)24-16-19(6-3)25(21,22)23/h13-15,19H,4-12,16H2,1-3H3,(H,21,22,23). The third-order valence-electron chi connectivity index (χ3n) is 4.55. The van der Waals surface area contributed by atoms with Crippen LogP contribution in [0.5, 0.6) is 5.75 Å². The fourth-order valence-electron chi connectivity index (χ4n) is 2.84. The van der Waals surface area contributed by atoms with E-state index in [0.29, 0.717) is 6.42 Å². The van der Waals surface area contributed by atoms with Crippen molar-refractivity contribution in [3.63, 3.8) is 0 Å². The number of hydrogen-bond donors (Lipinski definition) is 1. The topological polar surface area (TPSA) is 63.6 Å². The molecule has 0 heterocycles. The highest BCUT2D eigenvalue weighted by Gasteiger charge is 2.22. The molecule has 5 heteroatoms. The Labute approximate surface area is 153 Å². The fourth-order valence-corrected chi connectivity index (χ4v) is 3.50. The molecule has 1 rings (SSSR count). The number of rotatable bonds is 13. The molecule has 0 aliphatic carbocycles. The minimum absolute atomic E-state index is 0.00543. The van der Waals surface area contributed by atoms with Gasteiger partial charge < -0.3 is 4.74 Å². The second-order valence-corrected chi connectivity index (χ2v) is 8.41. The number of unbranched alkanes of at least 4 members (excludes halogenated alkanes) is 4. The molecular formula is C20H34O4S. The van der Waals surface area contributed by atoms with Gasteiger partial charge in [0.25, 0.3) is 10.1 Å². The Balaban J connectivity index is 2.86. The normalized spacial score (nSPS) is 13.0. The first kappa shape index (κ1) is 22.0. The maximum Gasteiger partial charge on any atom is 0.271 e. The van der Waals surface area contributed by atoms with Crippen LogP contribution in [-0.4, -0.2) is 24.8 Å². The van der Waals surface area contributed by atoms with Gasteiger partial charge in [-0.2, -0.15) is 8.42 Å². The average Bonchev–Trinajstić information content (AvgIpc) is 2.56. The van der Waals surface area contributed by atoms with Gasteiger partial charge in [0.05, 0.1) is 0 Å². The Morgan fingerprint density at radius 3 is 2.20 bits per heavy atom. The first-order valence-electron chi connectivity index (χ1n) is 9.63. The summed E-state index contributed by atoms with van der Waals surface area (Å²) in [5, 5.41) is -0.875. The van der Waals surface area contributed by atoms with Crippen LogP contribution in [0.4, 0.5) is 0 Å². The predicted molar refractivity (Wildman–Crippen MR) is 104 cm³/mol. The molecule has 0 aromatic heterocycles. The zero-order valence-corrected chi connectivity index (χ0v) is 16.8. The number of benzene rings is 1. The van der Waals surface area contributed by atoms with Gasteiger partial charge in [0, 0.05) is 0 Å². The quantitative estimate of drug-likeness (QED) is 0.383. The van der Waals surface area contributed by atoms with Gasteiger partial charge in [-0.15, -0.1) is 0 Å². The first-order chi connectivity index (χ1) is 11.9. The summed E-state index contributed by atoms with van der Waals surface area (Å²) in [5.41, 5.74) is 2.35. The van der Waals surface area contributed by atoms with Crippen molar-refractivity contribution < 1.29 is 17.7 Å². The van der Waals surface area contributed by atoms with Crippen molar-refractivity contribution in [2.75, 3.05) is 6.61 Å². The van der Waals surface area contributed by atoms with Crippen molar-refractivity contribution >= 4 is 10.1 Å².